The van der Waals surface area contributed by atoms with E-state index in [0.29, 0.717) is 12.5 Å². The lowest BCUT2D eigenvalue weighted by molar-refractivity contribution is 0.318. The SMILES string of the molecule is ClCCCOc1ccc2c(c1)CCCN2. The summed E-state index contributed by atoms with van der Waals surface area (Å²) in [5, 5.41) is 3.38. The van der Waals surface area contributed by atoms with E-state index in [1.165, 1.54) is 17.7 Å². The number of benzene rings is 1. The fourth-order valence-corrected chi connectivity index (χ4v) is 1.89. The number of alkyl halides is 1. The molecule has 0 unspecified atom stereocenters. The Hall–Kier alpha value is -0.890. The number of aryl methyl sites for hydroxylation is 1. The molecule has 1 aliphatic rings. The van der Waals surface area contributed by atoms with Crippen LogP contribution in [-0.2, 0) is 6.42 Å². The minimum absolute atomic E-state index is 0.659. The molecule has 1 aromatic carbocycles. The topological polar surface area (TPSA) is 21.3 Å². The van der Waals surface area contributed by atoms with Crippen molar-refractivity contribution in [1.82, 2.24) is 0 Å². The highest BCUT2D eigenvalue weighted by Gasteiger charge is 2.08. The van der Waals surface area contributed by atoms with E-state index < -0.39 is 0 Å². The molecule has 0 atom stereocenters. The first kappa shape index (κ1) is 10.6. The van der Waals surface area contributed by atoms with Gasteiger partial charge in [0.15, 0.2) is 0 Å². The largest absolute Gasteiger partial charge is 0.494 e. The van der Waals surface area contributed by atoms with Gasteiger partial charge >= 0.3 is 0 Å². The van der Waals surface area contributed by atoms with Crippen molar-refractivity contribution in [3.63, 3.8) is 0 Å². The highest BCUT2D eigenvalue weighted by atomic mass is 35.5. The molecule has 1 aromatic rings. The number of hydrogen-bond donors (Lipinski definition) is 1. The van der Waals surface area contributed by atoms with Crippen LogP contribution < -0.4 is 10.1 Å². The fraction of sp³-hybridized carbons (Fsp3) is 0.500. The van der Waals surface area contributed by atoms with E-state index in [1.54, 1.807) is 0 Å². The Morgan fingerprint density at radius 3 is 3.20 bits per heavy atom. The van der Waals surface area contributed by atoms with Crippen LogP contribution in [-0.4, -0.2) is 19.0 Å². The predicted molar refractivity (Wildman–Crippen MR) is 64.1 cm³/mol. The summed E-state index contributed by atoms with van der Waals surface area (Å²) in [5.74, 6) is 1.62. The standard InChI is InChI=1S/C12H16ClNO/c13-6-2-8-15-11-4-5-12-10(9-11)3-1-7-14-12/h4-5,9,14H,1-3,6-8H2. The minimum atomic E-state index is 0.659. The Bertz CT molecular complexity index is 327. The monoisotopic (exact) mass is 225 g/mol. The number of fused-ring (bicyclic) bond motifs is 1. The van der Waals surface area contributed by atoms with E-state index in [1.807, 2.05) is 6.07 Å². The Morgan fingerprint density at radius 1 is 1.40 bits per heavy atom. The second kappa shape index (κ2) is 5.26. The summed E-state index contributed by atoms with van der Waals surface area (Å²) in [6, 6.07) is 6.26. The van der Waals surface area contributed by atoms with E-state index in [4.69, 9.17) is 16.3 Å². The molecule has 0 bridgehead atoms. The zero-order chi connectivity index (χ0) is 10.5. The minimum Gasteiger partial charge on any atom is -0.494 e. The average molecular weight is 226 g/mol. The van der Waals surface area contributed by atoms with Gasteiger partial charge in [-0.2, -0.15) is 0 Å². The molecule has 0 fully saturated rings. The first-order valence-electron chi connectivity index (χ1n) is 5.46. The van der Waals surface area contributed by atoms with Crippen molar-refractivity contribution >= 4 is 17.3 Å². The van der Waals surface area contributed by atoms with Gasteiger partial charge in [0.1, 0.15) is 5.75 Å². The van der Waals surface area contributed by atoms with Gasteiger partial charge < -0.3 is 10.1 Å². The van der Waals surface area contributed by atoms with Crippen LogP contribution in [0.15, 0.2) is 18.2 Å². The molecule has 0 spiro atoms. The van der Waals surface area contributed by atoms with E-state index in [0.717, 1.165) is 25.1 Å². The molecule has 0 radical (unpaired) electrons. The summed E-state index contributed by atoms with van der Waals surface area (Å²) in [4.78, 5) is 0. The molecule has 0 aliphatic carbocycles. The van der Waals surface area contributed by atoms with Crippen LogP contribution in [0.25, 0.3) is 0 Å². The second-order valence-corrected chi connectivity index (χ2v) is 4.12. The lowest BCUT2D eigenvalue weighted by Gasteiger charge is -2.18. The van der Waals surface area contributed by atoms with E-state index in [-0.39, 0.29) is 0 Å². The number of rotatable bonds is 4. The maximum absolute atomic E-state index is 5.60. The van der Waals surface area contributed by atoms with Crippen LogP contribution in [0.2, 0.25) is 0 Å². The van der Waals surface area contributed by atoms with Gasteiger partial charge in [0.25, 0.3) is 0 Å². The third-order valence-corrected chi connectivity index (χ3v) is 2.83. The molecule has 1 aliphatic heterocycles. The molecule has 1 N–H and O–H groups in total. The molecule has 2 nitrogen and oxygen atoms in total. The van der Waals surface area contributed by atoms with Crippen LogP contribution in [0.3, 0.4) is 0 Å². The lowest BCUT2D eigenvalue weighted by Crippen LogP contribution is -2.11. The highest BCUT2D eigenvalue weighted by molar-refractivity contribution is 6.17. The summed E-state index contributed by atoms with van der Waals surface area (Å²) in [7, 11) is 0. The van der Waals surface area contributed by atoms with Crippen molar-refractivity contribution in [3.05, 3.63) is 23.8 Å². The van der Waals surface area contributed by atoms with Crippen LogP contribution >= 0.6 is 11.6 Å². The van der Waals surface area contributed by atoms with Crippen LogP contribution in [0.1, 0.15) is 18.4 Å². The van der Waals surface area contributed by atoms with Gasteiger partial charge in [0, 0.05) is 18.1 Å². The van der Waals surface area contributed by atoms with Crippen molar-refractivity contribution in [3.8, 4) is 5.75 Å². The third-order valence-electron chi connectivity index (χ3n) is 2.56. The first-order chi connectivity index (χ1) is 7.40. The summed E-state index contributed by atoms with van der Waals surface area (Å²) >= 11 is 5.59. The molecule has 0 aromatic heterocycles. The van der Waals surface area contributed by atoms with Crippen molar-refractivity contribution in [1.29, 1.82) is 0 Å². The summed E-state index contributed by atoms with van der Waals surface area (Å²) < 4.78 is 5.60. The summed E-state index contributed by atoms with van der Waals surface area (Å²) in [5.41, 5.74) is 2.62. The van der Waals surface area contributed by atoms with Crippen molar-refractivity contribution in [2.75, 3.05) is 24.3 Å². The summed E-state index contributed by atoms with van der Waals surface area (Å²) in [6.45, 7) is 1.79. The van der Waals surface area contributed by atoms with E-state index >= 15 is 0 Å². The van der Waals surface area contributed by atoms with Gasteiger partial charge in [-0.3, -0.25) is 0 Å². The van der Waals surface area contributed by atoms with Crippen molar-refractivity contribution in [2.45, 2.75) is 19.3 Å². The van der Waals surface area contributed by atoms with Crippen LogP contribution in [0.5, 0.6) is 5.75 Å². The second-order valence-electron chi connectivity index (χ2n) is 3.74. The smallest absolute Gasteiger partial charge is 0.119 e. The Labute approximate surface area is 95.6 Å². The van der Waals surface area contributed by atoms with E-state index in [9.17, 15) is 0 Å². The Morgan fingerprint density at radius 2 is 2.33 bits per heavy atom. The zero-order valence-electron chi connectivity index (χ0n) is 8.76. The zero-order valence-corrected chi connectivity index (χ0v) is 9.52. The Balaban J connectivity index is 2.00. The Kier molecular flexibility index (Phi) is 3.73. The van der Waals surface area contributed by atoms with Gasteiger partial charge in [0.05, 0.1) is 6.61 Å². The number of hydrogen-bond acceptors (Lipinski definition) is 2. The van der Waals surface area contributed by atoms with Gasteiger partial charge in [-0.05, 0) is 43.0 Å². The third kappa shape index (κ3) is 2.78. The maximum Gasteiger partial charge on any atom is 0.119 e. The number of nitrogens with one attached hydrogen (secondary N) is 1. The van der Waals surface area contributed by atoms with Crippen molar-refractivity contribution in [2.24, 2.45) is 0 Å². The molecule has 0 saturated heterocycles. The molecular formula is C12H16ClNO. The van der Waals surface area contributed by atoms with Crippen LogP contribution in [0.4, 0.5) is 5.69 Å². The number of ether oxygens (including phenoxy) is 1. The molecule has 0 amide bonds. The number of halogens is 1. The maximum atomic E-state index is 5.60. The first-order valence-corrected chi connectivity index (χ1v) is 5.99. The molecule has 0 saturated carbocycles. The quantitative estimate of drug-likeness (QED) is 0.628. The molecular weight excluding hydrogens is 210 g/mol. The predicted octanol–water partition coefficient (Wildman–Crippen LogP) is 3.05. The summed E-state index contributed by atoms with van der Waals surface area (Å²) in [6.07, 6.45) is 3.25. The van der Waals surface area contributed by atoms with E-state index in [2.05, 4.69) is 17.4 Å². The lowest BCUT2D eigenvalue weighted by atomic mass is 10.0. The van der Waals surface area contributed by atoms with Gasteiger partial charge in [-0.15, -0.1) is 11.6 Å². The number of anilines is 1. The van der Waals surface area contributed by atoms with Gasteiger partial charge in [-0.1, -0.05) is 0 Å². The fourth-order valence-electron chi connectivity index (χ4n) is 1.79. The average Bonchev–Trinajstić information content (AvgIpc) is 2.29. The molecule has 15 heavy (non-hydrogen) atoms. The molecule has 82 valence electrons. The van der Waals surface area contributed by atoms with Gasteiger partial charge in [0.2, 0.25) is 0 Å². The van der Waals surface area contributed by atoms with Crippen LogP contribution in [0, 0.1) is 0 Å². The normalized spacial score (nSPS) is 14.2. The highest BCUT2D eigenvalue weighted by Crippen LogP contribution is 2.26. The molecule has 2 rings (SSSR count). The van der Waals surface area contributed by atoms with Gasteiger partial charge in [-0.25, -0.2) is 0 Å². The van der Waals surface area contributed by atoms with Crippen molar-refractivity contribution < 1.29 is 4.74 Å². The molecule has 1 heterocycles. The molecule has 3 heteroatoms.